The molecule has 3 heteroatoms. The van der Waals surface area contributed by atoms with E-state index in [1.165, 1.54) is 5.56 Å². The van der Waals surface area contributed by atoms with E-state index in [0.717, 1.165) is 24.1 Å². The summed E-state index contributed by atoms with van der Waals surface area (Å²) in [7, 11) is 1.98. The molecule has 1 aromatic carbocycles. The number of nitrogens with zero attached hydrogens (tertiary/aromatic N) is 2. The van der Waals surface area contributed by atoms with Crippen molar-refractivity contribution in [2.75, 3.05) is 11.9 Å². The van der Waals surface area contributed by atoms with Gasteiger partial charge < -0.3 is 4.90 Å². The molecule has 0 unspecified atom stereocenters. The topological polar surface area (TPSA) is 33.2 Å². The third-order valence-electron chi connectivity index (χ3n) is 2.91. The second kappa shape index (κ2) is 5.45. The van der Waals surface area contributed by atoms with Crippen LogP contribution < -0.4 is 4.90 Å². The molecule has 92 valence electrons. The average molecular weight is 240 g/mol. The van der Waals surface area contributed by atoms with Crippen LogP contribution in [0.15, 0.2) is 42.6 Å². The number of hydrogen-bond donors (Lipinski definition) is 0. The molecule has 0 aliphatic rings. The van der Waals surface area contributed by atoms with Crippen LogP contribution in [0.3, 0.4) is 0 Å². The molecule has 0 aliphatic heterocycles. The number of benzene rings is 1. The van der Waals surface area contributed by atoms with Crippen molar-refractivity contribution in [3.8, 4) is 0 Å². The van der Waals surface area contributed by atoms with Crippen molar-refractivity contribution in [2.45, 2.75) is 13.5 Å². The van der Waals surface area contributed by atoms with E-state index in [1.54, 1.807) is 6.20 Å². The monoisotopic (exact) mass is 240 g/mol. The van der Waals surface area contributed by atoms with E-state index < -0.39 is 0 Å². The largest absolute Gasteiger partial charge is 0.368 e. The molecule has 0 saturated carbocycles. The van der Waals surface area contributed by atoms with Crippen LogP contribution in [-0.2, 0) is 6.54 Å². The van der Waals surface area contributed by atoms with Gasteiger partial charge in [-0.3, -0.25) is 9.78 Å². The first-order valence-corrected chi connectivity index (χ1v) is 5.88. The highest BCUT2D eigenvalue weighted by Crippen LogP contribution is 2.22. The first-order valence-electron chi connectivity index (χ1n) is 5.88. The van der Waals surface area contributed by atoms with Gasteiger partial charge in [0.15, 0.2) is 6.29 Å². The van der Waals surface area contributed by atoms with Crippen LogP contribution in [0.4, 0.5) is 5.69 Å². The van der Waals surface area contributed by atoms with Crippen molar-refractivity contribution in [3.63, 3.8) is 0 Å². The van der Waals surface area contributed by atoms with E-state index in [0.29, 0.717) is 5.69 Å². The normalized spacial score (nSPS) is 10.1. The molecule has 0 spiro atoms. The van der Waals surface area contributed by atoms with E-state index in [4.69, 9.17) is 0 Å². The van der Waals surface area contributed by atoms with Crippen molar-refractivity contribution >= 4 is 12.0 Å². The second-order valence-corrected chi connectivity index (χ2v) is 4.32. The summed E-state index contributed by atoms with van der Waals surface area (Å²) in [6.45, 7) is 2.75. The lowest BCUT2D eigenvalue weighted by Crippen LogP contribution is -2.19. The smallest absolute Gasteiger partial charge is 0.170 e. The summed E-state index contributed by atoms with van der Waals surface area (Å²) < 4.78 is 0. The van der Waals surface area contributed by atoms with Gasteiger partial charge in [0.1, 0.15) is 5.69 Å². The molecule has 3 nitrogen and oxygen atoms in total. The van der Waals surface area contributed by atoms with Crippen LogP contribution in [0.5, 0.6) is 0 Å². The fourth-order valence-electron chi connectivity index (χ4n) is 2.09. The SMILES string of the molecule is Cc1ccnc(C=O)c1N(C)Cc1ccccc1. The second-order valence-electron chi connectivity index (χ2n) is 4.32. The van der Waals surface area contributed by atoms with Gasteiger partial charge in [0, 0.05) is 19.8 Å². The van der Waals surface area contributed by atoms with Crippen LogP contribution >= 0.6 is 0 Å². The molecule has 0 amide bonds. The van der Waals surface area contributed by atoms with Gasteiger partial charge in [0.25, 0.3) is 0 Å². The Kier molecular flexibility index (Phi) is 3.72. The van der Waals surface area contributed by atoms with Crippen molar-refractivity contribution in [2.24, 2.45) is 0 Å². The number of pyridine rings is 1. The first-order chi connectivity index (χ1) is 8.72. The molecule has 2 rings (SSSR count). The van der Waals surface area contributed by atoms with Gasteiger partial charge in [-0.1, -0.05) is 30.3 Å². The minimum atomic E-state index is 0.494. The fraction of sp³-hybridized carbons (Fsp3) is 0.200. The van der Waals surface area contributed by atoms with E-state index in [2.05, 4.69) is 22.0 Å². The van der Waals surface area contributed by atoms with Gasteiger partial charge in [0.2, 0.25) is 0 Å². The molecule has 0 radical (unpaired) electrons. The summed E-state index contributed by atoms with van der Waals surface area (Å²) in [6, 6.07) is 12.1. The van der Waals surface area contributed by atoms with Crippen LogP contribution in [0.2, 0.25) is 0 Å². The number of carbonyl (C=O) groups is 1. The minimum Gasteiger partial charge on any atom is -0.368 e. The lowest BCUT2D eigenvalue weighted by atomic mass is 10.1. The zero-order chi connectivity index (χ0) is 13.0. The van der Waals surface area contributed by atoms with Gasteiger partial charge in [-0.25, -0.2) is 0 Å². The summed E-state index contributed by atoms with van der Waals surface area (Å²) in [6.07, 6.45) is 2.47. The van der Waals surface area contributed by atoms with Crippen LogP contribution in [0, 0.1) is 6.92 Å². The van der Waals surface area contributed by atoms with Crippen molar-refractivity contribution in [1.82, 2.24) is 4.98 Å². The Bertz CT molecular complexity index is 537. The Hall–Kier alpha value is -2.16. The molecule has 1 heterocycles. The highest BCUT2D eigenvalue weighted by atomic mass is 16.1. The predicted molar refractivity (Wildman–Crippen MR) is 72.9 cm³/mol. The van der Waals surface area contributed by atoms with Gasteiger partial charge >= 0.3 is 0 Å². The van der Waals surface area contributed by atoms with Gasteiger partial charge in [-0.05, 0) is 24.1 Å². The summed E-state index contributed by atoms with van der Waals surface area (Å²) in [5.74, 6) is 0. The maximum absolute atomic E-state index is 11.0. The van der Waals surface area contributed by atoms with Crippen LogP contribution in [0.1, 0.15) is 21.6 Å². The number of carbonyl (C=O) groups excluding carboxylic acids is 1. The number of aryl methyl sites for hydroxylation is 1. The molecule has 0 fully saturated rings. The zero-order valence-electron chi connectivity index (χ0n) is 10.6. The Morgan fingerprint density at radius 2 is 1.94 bits per heavy atom. The number of aromatic nitrogens is 1. The van der Waals surface area contributed by atoms with E-state index in [1.807, 2.05) is 38.2 Å². The average Bonchev–Trinajstić information content (AvgIpc) is 2.39. The summed E-state index contributed by atoms with van der Waals surface area (Å²) >= 11 is 0. The van der Waals surface area contributed by atoms with E-state index in [9.17, 15) is 4.79 Å². The molecule has 0 bridgehead atoms. The van der Waals surface area contributed by atoms with Crippen molar-refractivity contribution in [3.05, 3.63) is 59.4 Å². The molecule has 2 aromatic rings. The molecular weight excluding hydrogens is 224 g/mol. The maximum atomic E-state index is 11.0. The molecular formula is C15H16N2O. The first kappa shape index (κ1) is 12.3. The summed E-state index contributed by atoms with van der Waals surface area (Å²) in [5, 5.41) is 0. The summed E-state index contributed by atoms with van der Waals surface area (Å²) in [4.78, 5) is 17.2. The molecule has 0 saturated heterocycles. The van der Waals surface area contributed by atoms with E-state index in [-0.39, 0.29) is 0 Å². The maximum Gasteiger partial charge on any atom is 0.170 e. The van der Waals surface area contributed by atoms with Crippen molar-refractivity contribution < 1.29 is 4.79 Å². The van der Waals surface area contributed by atoms with E-state index >= 15 is 0 Å². The zero-order valence-corrected chi connectivity index (χ0v) is 10.6. The van der Waals surface area contributed by atoms with Gasteiger partial charge in [0.05, 0.1) is 5.69 Å². The summed E-state index contributed by atoms with van der Waals surface area (Å²) in [5.41, 5.74) is 3.66. The Morgan fingerprint density at radius 3 is 2.61 bits per heavy atom. The van der Waals surface area contributed by atoms with Gasteiger partial charge in [-0.2, -0.15) is 0 Å². The van der Waals surface area contributed by atoms with Crippen LogP contribution in [-0.4, -0.2) is 18.3 Å². The molecule has 0 aliphatic carbocycles. The molecule has 0 N–H and O–H groups in total. The highest BCUT2D eigenvalue weighted by molar-refractivity contribution is 5.83. The lowest BCUT2D eigenvalue weighted by Gasteiger charge is -2.22. The molecule has 0 atom stereocenters. The lowest BCUT2D eigenvalue weighted by molar-refractivity contribution is 0.111. The number of anilines is 1. The third-order valence-corrected chi connectivity index (χ3v) is 2.91. The number of aldehydes is 1. The molecule has 18 heavy (non-hydrogen) atoms. The number of rotatable bonds is 4. The Balaban J connectivity index is 2.29. The molecule has 1 aromatic heterocycles. The third kappa shape index (κ3) is 2.56. The van der Waals surface area contributed by atoms with Crippen LogP contribution in [0.25, 0.3) is 0 Å². The minimum absolute atomic E-state index is 0.494. The van der Waals surface area contributed by atoms with Gasteiger partial charge in [-0.15, -0.1) is 0 Å². The Labute approximate surface area is 107 Å². The Morgan fingerprint density at radius 1 is 1.22 bits per heavy atom. The fourth-order valence-corrected chi connectivity index (χ4v) is 2.09. The standard InChI is InChI=1S/C15H16N2O/c1-12-8-9-16-14(11-18)15(12)17(2)10-13-6-4-3-5-7-13/h3-9,11H,10H2,1-2H3. The number of hydrogen-bond acceptors (Lipinski definition) is 3. The quantitative estimate of drug-likeness (QED) is 0.770. The van der Waals surface area contributed by atoms with Crippen molar-refractivity contribution in [1.29, 1.82) is 0 Å². The highest BCUT2D eigenvalue weighted by Gasteiger charge is 2.11. The predicted octanol–water partition coefficient (Wildman–Crippen LogP) is 2.84.